The molecule has 82 valence electrons. The molecule has 0 saturated heterocycles. The van der Waals surface area contributed by atoms with Gasteiger partial charge in [-0.25, -0.2) is 4.39 Å². The van der Waals surface area contributed by atoms with Gasteiger partial charge in [-0.15, -0.1) is 0 Å². The number of pyridine rings is 2. The monoisotopic (exact) mass is 219 g/mol. The molecule has 2 heterocycles. The summed E-state index contributed by atoms with van der Waals surface area (Å²) in [4.78, 5) is 14.8. The number of nitrogens with zero attached hydrogens (tertiary/aromatic N) is 2. The van der Waals surface area contributed by atoms with E-state index in [0.717, 1.165) is 6.20 Å². The zero-order chi connectivity index (χ0) is 11.5. The fourth-order valence-electron chi connectivity index (χ4n) is 1.40. The Morgan fingerprint density at radius 3 is 2.94 bits per heavy atom. The number of hydrogen-bond donors (Lipinski definition) is 1. The summed E-state index contributed by atoms with van der Waals surface area (Å²) in [6.45, 7) is 0.426. The van der Waals surface area contributed by atoms with E-state index >= 15 is 0 Å². The van der Waals surface area contributed by atoms with Crippen molar-refractivity contribution in [1.82, 2.24) is 9.55 Å². The van der Waals surface area contributed by atoms with Gasteiger partial charge in [-0.2, -0.15) is 0 Å². The molecule has 2 rings (SSSR count). The maximum atomic E-state index is 12.9. The number of rotatable bonds is 2. The van der Waals surface area contributed by atoms with Crippen LogP contribution in [0.1, 0.15) is 5.56 Å². The minimum absolute atomic E-state index is 0.173. The van der Waals surface area contributed by atoms with E-state index in [1.807, 2.05) is 0 Å². The first-order valence-electron chi connectivity index (χ1n) is 4.70. The third kappa shape index (κ3) is 2.25. The van der Waals surface area contributed by atoms with E-state index in [1.54, 1.807) is 17.0 Å². The summed E-state index contributed by atoms with van der Waals surface area (Å²) in [5.41, 5.74) is 6.15. The third-order valence-electron chi connectivity index (χ3n) is 2.13. The lowest BCUT2D eigenvalue weighted by Gasteiger charge is -2.06. The zero-order valence-electron chi connectivity index (χ0n) is 8.43. The predicted molar refractivity (Wildman–Crippen MR) is 58.4 cm³/mol. The van der Waals surface area contributed by atoms with Crippen molar-refractivity contribution < 1.29 is 4.39 Å². The molecule has 0 radical (unpaired) electrons. The van der Waals surface area contributed by atoms with Gasteiger partial charge in [-0.05, 0) is 11.6 Å². The van der Waals surface area contributed by atoms with Gasteiger partial charge in [-0.3, -0.25) is 9.78 Å². The number of hydrogen-bond acceptors (Lipinski definition) is 3. The molecule has 4 nitrogen and oxygen atoms in total. The Balaban J connectivity index is 2.27. The van der Waals surface area contributed by atoms with Gasteiger partial charge in [-0.1, -0.05) is 0 Å². The summed E-state index contributed by atoms with van der Waals surface area (Å²) in [6, 6.07) is 2.77. The van der Waals surface area contributed by atoms with Crippen LogP contribution in [0.4, 0.5) is 10.1 Å². The van der Waals surface area contributed by atoms with Gasteiger partial charge in [0.15, 0.2) is 0 Å². The molecule has 0 amide bonds. The van der Waals surface area contributed by atoms with Gasteiger partial charge in [0, 0.05) is 31.2 Å². The fraction of sp³-hybridized carbons (Fsp3) is 0.0909. The molecule has 0 saturated carbocycles. The average Bonchev–Trinajstić information content (AvgIpc) is 2.24. The van der Waals surface area contributed by atoms with E-state index in [9.17, 15) is 9.18 Å². The summed E-state index contributed by atoms with van der Waals surface area (Å²) >= 11 is 0. The lowest BCUT2D eigenvalue weighted by atomic mass is 10.2. The van der Waals surface area contributed by atoms with Gasteiger partial charge < -0.3 is 10.3 Å². The number of nitrogen functional groups attached to an aromatic ring is 1. The second kappa shape index (κ2) is 4.14. The second-order valence-electron chi connectivity index (χ2n) is 3.45. The van der Waals surface area contributed by atoms with Crippen LogP contribution >= 0.6 is 0 Å². The van der Waals surface area contributed by atoms with Crippen LogP contribution in [0.15, 0.2) is 41.7 Å². The van der Waals surface area contributed by atoms with E-state index in [4.69, 9.17) is 5.73 Å². The average molecular weight is 219 g/mol. The van der Waals surface area contributed by atoms with Gasteiger partial charge in [0.2, 0.25) is 5.43 Å². The van der Waals surface area contributed by atoms with E-state index in [0.29, 0.717) is 12.1 Å². The van der Waals surface area contributed by atoms with E-state index in [1.165, 1.54) is 18.3 Å². The molecule has 0 aliphatic heterocycles. The quantitative estimate of drug-likeness (QED) is 0.820. The highest BCUT2D eigenvalue weighted by Gasteiger charge is 1.99. The largest absolute Gasteiger partial charge is 0.394 e. The first kappa shape index (κ1) is 10.4. The summed E-state index contributed by atoms with van der Waals surface area (Å²) in [7, 11) is 0. The molecule has 0 bridgehead atoms. The summed E-state index contributed by atoms with van der Waals surface area (Å²) in [5, 5.41) is 0. The number of halogens is 1. The van der Waals surface area contributed by atoms with Gasteiger partial charge in [0.25, 0.3) is 0 Å². The Morgan fingerprint density at radius 1 is 1.44 bits per heavy atom. The minimum atomic E-state index is -0.383. The predicted octanol–water partition coefficient (Wildman–Crippen LogP) is 1.01. The lowest BCUT2D eigenvalue weighted by Crippen LogP contribution is -2.11. The van der Waals surface area contributed by atoms with E-state index in [-0.39, 0.29) is 16.9 Å². The Labute approximate surface area is 91.2 Å². The summed E-state index contributed by atoms with van der Waals surface area (Å²) in [5.74, 6) is -0.383. The molecule has 0 fully saturated rings. The minimum Gasteiger partial charge on any atom is -0.394 e. The fourth-order valence-corrected chi connectivity index (χ4v) is 1.40. The molecule has 16 heavy (non-hydrogen) atoms. The molecule has 2 aromatic heterocycles. The van der Waals surface area contributed by atoms with Crippen LogP contribution in [0.5, 0.6) is 0 Å². The normalized spacial score (nSPS) is 10.3. The molecular weight excluding hydrogens is 209 g/mol. The SMILES string of the molecule is Nc1cn(Cc2cncc(F)c2)ccc1=O. The van der Waals surface area contributed by atoms with E-state index < -0.39 is 0 Å². The topological polar surface area (TPSA) is 60.9 Å². The van der Waals surface area contributed by atoms with Crippen LogP contribution in [0, 0.1) is 5.82 Å². The Hall–Kier alpha value is -2.17. The maximum absolute atomic E-state index is 12.9. The maximum Gasteiger partial charge on any atom is 0.204 e. The number of anilines is 1. The third-order valence-corrected chi connectivity index (χ3v) is 2.13. The number of nitrogens with two attached hydrogens (primary N) is 1. The highest BCUT2D eigenvalue weighted by molar-refractivity contribution is 5.33. The van der Waals surface area contributed by atoms with Crippen molar-refractivity contribution >= 4 is 5.69 Å². The Kier molecular flexibility index (Phi) is 2.68. The highest BCUT2D eigenvalue weighted by atomic mass is 19.1. The molecule has 0 spiro atoms. The van der Waals surface area contributed by atoms with Crippen molar-refractivity contribution in [3.63, 3.8) is 0 Å². The summed E-state index contributed by atoms with van der Waals surface area (Å²) < 4.78 is 14.6. The Morgan fingerprint density at radius 2 is 2.25 bits per heavy atom. The zero-order valence-corrected chi connectivity index (χ0v) is 8.43. The van der Waals surface area contributed by atoms with E-state index in [2.05, 4.69) is 4.98 Å². The number of aromatic nitrogens is 2. The van der Waals surface area contributed by atoms with Crippen LogP contribution in [0.25, 0.3) is 0 Å². The van der Waals surface area contributed by atoms with Crippen molar-refractivity contribution in [3.05, 3.63) is 58.5 Å². The van der Waals surface area contributed by atoms with Crippen molar-refractivity contribution in [2.75, 3.05) is 5.73 Å². The molecule has 2 N–H and O–H groups in total. The first-order valence-corrected chi connectivity index (χ1v) is 4.70. The molecular formula is C11H10FN3O. The van der Waals surface area contributed by atoms with Crippen LogP contribution < -0.4 is 11.2 Å². The molecule has 0 aliphatic rings. The van der Waals surface area contributed by atoms with Crippen LogP contribution in [-0.2, 0) is 6.54 Å². The standard InChI is InChI=1S/C11H10FN3O/c12-9-3-8(4-14-5-9)6-15-2-1-11(16)10(13)7-15/h1-5,7H,6,13H2. The second-order valence-corrected chi connectivity index (χ2v) is 3.45. The molecule has 5 heteroatoms. The molecule has 0 aliphatic carbocycles. The highest BCUT2D eigenvalue weighted by Crippen LogP contribution is 2.04. The van der Waals surface area contributed by atoms with Crippen molar-refractivity contribution in [1.29, 1.82) is 0 Å². The first-order chi connectivity index (χ1) is 7.65. The van der Waals surface area contributed by atoms with Crippen molar-refractivity contribution in [3.8, 4) is 0 Å². The molecule has 2 aromatic rings. The molecule has 0 aromatic carbocycles. The summed E-state index contributed by atoms with van der Waals surface area (Å²) in [6.07, 6.45) is 5.83. The molecule has 0 atom stereocenters. The molecule has 0 unspecified atom stereocenters. The van der Waals surface area contributed by atoms with Gasteiger partial charge in [0.1, 0.15) is 5.82 Å². The van der Waals surface area contributed by atoms with Gasteiger partial charge in [0.05, 0.1) is 11.9 Å². The Bertz CT molecular complexity index is 565. The van der Waals surface area contributed by atoms with Crippen molar-refractivity contribution in [2.24, 2.45) is 0 Å². The van der Waals surface area contributed by atoms with Crippen LogP contribution in [0.2, 0.25) is 0 Å². The van der Waals surface area contributed by atoms with Crippen LogP contribution in [-0.4, -0.2) is 9.55 Å². The van der Waals surface area contributed by atoms with Crippen molar-refractivity contribution in [2.45, 2.75) is 6.54 Å². The smallest absolute Gasteiger partial charge is 0.204 e. The van der Waals surface area contributed by atoms with Crippen LogP contribution in [0.3, 0.4) is 0 Å². The van der Waals surface area contributed by atoms with Gasteiger partial charge >= 0.3 is 0 Å². The lowest BCUT2D eigenvalue weighted by molar-refractivity contribution is 0.616.